The van der Waals surface area contributed by atoms with E-state index in [9.17, 15) is 0 Å². The molecule has 130 valence electrons. The van der Waals surface area contributed by atoms with Gasteiger partial charge in [0, 0.05) is 12.3 Å². The van der Waals surface area contributed by atoms with Crippen LogP contribution in [0.5, 0.6) is 0 Å². The first-order chi connectivity index (χ1) is 12.8. The van der Waals surface area contributed by atoms with Crippen molar-refractivity contribution in [2.75, 3.05) is 0 Å². The van der Waals surface area contributed by atoms with Gasteiger partial charge in [0.1, 0.15) is 5.82 Å². The molecule has 4 aromatic rings. The summed E-state index contributed by atoms with van der Waals surface area (Å²) in [6, 6.07) is 18.8. The summed E-state index contributed by atoms with van der Waals surface area (Å²) in [5.41, 5.74) is 3.48. The standard InChI is InChI=1S/C21H20N4O/c1-2-20-22-17-10-6-7-11-18(17)25(20)13-19-23-21(26-24-19)16-12-15(16)14-8-4-3-5-9-14/h3-11,15-16H,2,12-13H2,1H3/t15-,16+/m0/s1. The maximum absolute atomic E-state index is 5.58. The van der Waals surface area contributed by atoms with Gasteiger partial charge >= 0.3 is 0 Å². The normalized spacial score (nSPS) is 19.1. The summed E-state index contributed by atoms with van der Waals surface area (Å²) in [5, 5.41) is 4.23. The predicted octanol–water partition coefficient (Wildman–Crippen LogP) is 4.30. The van der Waals surface area contributed by atoms with Crippen molar-refractivity contribution in [3.05, 3.63) is 77.7 Å². The number of benzene rings is 2. The molecule has 0 aliphatic heterocycles. The van der Waals surface area contributed by atoms with Gasteiger partial charge < -0.3 is 9.09 Å². The molecule has 1 aliphatic rings. The maximum Gasteiger partial charge on any atom is 0.230 e. The minimum Gasteiger partial charge on any atom is -0.339 e. The molecule has 0 bridgehead atoms. The van der Waals surface area contributed by atoms with Crippen LogP contribution in [0.1, 0.15) is 48.3 Å². The van der Waals surface area contributed by atoms with Gasteiger partial charge in [-0.1, -0.05) is 54.5 Å². The summed E-state index contributed by atoms with van der Waals surface area (Å²) in [7, 11) is 0. The van der Waals surface area contributed by atoms with Crippen molar-refractivity contribution in [2.45, 2.75) is 38.1 Å². The van der Waals surface area contributed by atoms with Gasteiger partial charge in [0.2, 0.25) is 5.89 Å². The summed E-state index contributed by atoms with van der Waals surface area (Å²) in [4.78, 5) is 9.39. The third-order valence-electron chi connectivity index (χ3n) is 5.17. The van der Waals surface area contributed by atoms with Crippen molar-refractivity contribution in [1.82, 2.24) is 19.7 Å². The molecule has 2 aromatic carbocycles. The molecule has 2 heterocycles. The van der Waals surface area contributed by atoms with E-state index >= 15 is 0 Å². The minimum absolute atomic E-state index is 0.351. The van der Waals surface area contributed by atoms with Crippen molar-refractivity contribution in [3.63, 3.8) is 0 Å². The molecule has 5 heteroatoms. The molecule has 1 aliphatic carbocycles. The number of hydrogen-bond acceptors (Lipinski definition) is 4. The first-order valence-electron chi connectivity index (χ1n) is 9.15. The summed E-state index contributed by atoms with van der Waals surface area (Å²) < 4.78 is 7.77. The van der Waals surface area contributed by atoms with Crippen LogP contribution in [-0.4, -0.2) is 19.7 Å². The first-order valence-corrected chi connectivity index (χ1v) is 9.15. The number of rotatable bonds is 5. The van der Waals surface area contributed by atoms with E-state index in [4.69, 9.17) is 9.51 Å². The summed E-state index contributed by atoms with van der Waals surface area (Å²) in [5.74, 6) is 3.38. The van der Waals surface area contributed by atoms with Gasteiger partial charge in [0.25, 0.3) is 0 Å². The number of nitrogens with zero attached hydrogens (tertiary/aromatic N) is 4. The second kappa shape index (κ2) is 6.09. The van der Waals surface area contributed by atoms with Crippen molar-refractivity contribution < 1.29 is 4.52 Å². The Balaban J connectivity index is 1.39. The predicted molar refractivity (Wildman–Crippen MR) is 99.1 cm³/mol. The molecule has 2 aromatic heterocycles. The van der Waals surface area contributed by atoms with Crippen LogP contribution in [0.3, 0.4) is 0 Å². The number of aromatic nitrogens is 4. The number of para-hydroxylation sites is 2. The Bertz CT molecular complexity index is 1050. The third-order valence-corrected chi connectivity index (χ3v) is 5.17. The molecule has 0 radical (unpaired) electrons. The fraction of sp³-hybridized carbons (Fsp3) is 0.286. The van der Waals surface area contributed by atoms with Crippen molar-refractivity contribution >= 4 is 11.0 Å². The van der Waals surface area contributed by atoms with E-state index in [1.807, 2.05) is 24.3 Å². The number of imidazole rings is 1. The molecule has 1 saturated carbocycles. The van der Waals surface area contributed by atoms with Crippen LogP contribution >= 0.6 is 0 Å². The Kier molecular flexibility index (Phi) is 3.59. The van der Waals surface area contributed by atoms with E-state index in [0.717, 1.165) is 41.4 Å². The van der Waals surface area contributed by atoms with E-state index < -0.39 is 0 Å². The molecule has 5 nitrogen and oxygen atoms in total. The average molecular weight is 344 g/mol. The zero-order chi connectivity index (χ0) is 17.5. The lowest BCUT2D eigenvalue weighted by Gasteiger charge is -2.04. The SMILES string of the molecule is CCc1nc2ccccc2n1Cc1noc([C@@H]2C[C@H]2c2ccccc2)n1. The highest BCUT2D eigenvalue weighted by atomic mass is 16.5. The molecular formula is C21H20N4O. The number of aryl methyl sites for hydroxylation is 1. The van der Waals surface area contributed by atoms with Crippen molar-refractivity contribution in [2.24, 2.45) is 0 Å². The number of hydrogen-bond donors (Lipinski definition) is 0. The maximum atomic E-state index is 5.58. The monoisotopic (exact) mass is 344 g/mol. The van der Waals surface area contributed by atoms with Gasteiger partial charge in [-0.3, -0.25) is 0 Å². The lowest BCUT2D eigenvalue weighted by atomic mass is 10.1. The van der Waals surface area contributed by atoms with Gasteiger partial charge in [-0.2, -0.15) is 4.98 Å². The molecule has 2 atom stereocenters. The molecule has 1 fully saturated rings. The van der Waals surface area contributed by atoms with Crippen LogP contribution in [0.15, 0.2) is 59.1 Å². The quantitative estimate of drug-likeness (QED) is 0.541. The Labute approximate surface area is 151 Å². The van der Waals surface area contributed by atoms with Crippen LogP contribution in [0.2, 0.25) is 0 Å². The van der Waals surface area contributed by atoms with E-state index in [2.05, 4.69) is 52.0 Å². The summed E-state index contributed by atoms with van der Waals surface area (Å²) in [6.45, 7) is 2.71. The van der Waals surface area contributed by atoms with E-state index in [-0.39, 0.29) is 0 Å². The first kappa shape index (κ1) is 15.3. The Hall–Kier alpha value is -2.95. The fourth-order valence-corrected chi connectivity index (χ4v) is 3.73. The zero-order valence-corrected chi connectivity index (χ0v) is 14.7. The summed E-state index contributed by atoms with van der Waals surface area (Å²) >= 11 is 0. The van der Waals surface area contributed by atoms with Gasteiger partial charge in [-0.05, 0) is 30.0 Å². The molecular weight excluding hydrogens is 324 g/mol. The van der Waals surface area contributed by atoms with Crippen LogP contribution in [-0.2, 0) is 13.0 Å². The van der Waals surface area contributed by atoms with Crippen LogP contribution < -0.4 is 0 Å². The molecule has 0 spiro atoms. The Morgan fingerprint density at radius 3 is 2.65 bits per heavy atom. The molecule has 0 saturated heterocycles. The lowest BCUT2D eigenvalue weighted by molar-refractivity contribution is 0.371. The van der Waals surface area contributed by atoms with Crippen LogP contribution in [0, 0.1) is 0 Å². The van der Waals surface area contributed by atoms with Gasteiger partial charge in [0.05, 0.1) is 17.6 Å². The van der Waals surface area contributed by atoms with Gasteiger partial charge in [-0.15, -0.1) is 0 Å². The molecule has 26 heavy (non-hydrogen) atoms. The van der Waals surface area contributed by atoms with Crippen LogP contribution in [0.25, 0.3) is 11.0 Å². The van der Waals surface area contributed by atoms with Gasteiger partial charge in [0.15, 0.2) is 5.82 Å². The minimum atomic E-state index is 0.351. The number of fused-ring (bicyclic) bond motifs is 1. The zero-order valence-electron chi connectivity index (χ0n) is 14.7. The molecule has 0 amide bonds. The molecule has 0 N–H and O–H groups in total. The molecule has 5 rings (SSSR count). The van der Waals surface area contributed by atoms with Crippen molar-refractivity contribution in [1.29, 1.82) is 0 Å². The average Bonchev–Trinajstić information content (AvgIpc) is 3.22. The highest BCUT2D eigenvalue weighted by molar-refractivity contribution is 5.76. The fourth-order valence-electron chi connectivity index (χ4n) is 3.73. The second-order valence-corrected chi connectivity index (χ2v) is 6.86. The summed E-state index contributed by atoms with van der Waals surface area (Å²) in [6.07, 6.45) is 1.96. The van der Waals surface area contributed by atoms with E-state index in [1.54, 1.807) is 0 Å². The molecule has 0 unspecified atom stereocenters. The smallest absolute Gasteiger partial charge is 0.230 e. The van der Waals surface area contributed by atoms with Gasteiger partial charge in [-0.25, -0.2) is 4.98 Å². The van der Waals surface area contributed by atoms with E-state index in [0.29, 0.717) is 18.4 Å². The Morgan fingerprint density at radius 2 is 1.81 bits per heavy atom. The van der Waals surface area contributed by atoms with Crippen molar-refractivity contribution in [3.8, 4) is 0 Å². The largest absolute Gasteiger partial charge is 0.339 e. The van der Waals surface area contributed by atoms with Crippen LogP contribution in [0.4, 0.5) is 0 Å². The topological polar surface area (TPSA) is 56.7 Å². The Morgan fingerprint density at radius 1 is 1.00 bits per heavy atom. The highest BCUT2D eigenvalue weighted by Gasteiger charge is 2.43. The third kappa shape index (κ3) is 2.60. The second-order valence-electron chi connectivity index (χ2n) is 6.86. The lowest BCUT2D eigenvalue weighted by Crippen LogP contribution is -2.05. The van der Waals surface area contributed by atoms with E-state index in [1.165, 1.54) is 5.56 Å². The highest BCUT2D eigenvalue weighted by Crippen LogP contribution is 2.53.